The van der Waals surface area contributed by atoms with Crippen LogP contribution in [0, 0.1) is 0 Å². The van der Waals surface area contributed by atoms with Gasteiger partial charge in [0.2, 0.25) is 5.95 Å². The second-order valence-corrected chi connectivity index (χ2v) is 12.6. The van der Waals surface area contributed by atoms with Crippen LogP contribution in [0.4, 0.5) is 11.8 Å². The zero-order valence-corrected chi connectivity index (χ0v) is 26.4. The lowest BCUT2D eigenvalue weighted by Crippen LogP contribution is -2.34. The second kappa shape index (κ2) is 14.2. The van der Waals surface area contributed by atoms with Crippen LogP contribution in [0.15, 0.2) is 79.4 Å². The predicted molar refractivity (Wildman–Crippen MR) is 180 cm³/mol. The Balaban J connectivity index is 1.19. The van der Waals surface area contributed by atoms with Gasteiger partial charge in [0.15, 0.2) is 17.0 Å². The van der Waals surface area contributed by atoms with Gasteiger partial charge in [-0.05, 0) is 43.5 Å². The fourth-order valence-corrected chi connectivity index (χ4v) is 7.03. The van der Waals surface area contributed by atoms with Crippen molar-refractivity contribution in [3.8, 4) is 0 Å². The van der Waals surface area contributed by atoms with Crippen molar-refractivity contribution in [1.29, 1.82) is 0 Å². The highest BCUT2D eigenvalue weighted by Gasteiger charge is 2.44. The quantitative estimate of drug-likeness (QED) is 0.137. The predicted octanol–water partition coefficient (Wildman–Crippen LogP) is 3.56. The van der Waals surface area contributed by atoms with E-state index in [1.54, 1.807) is 23.4 Å². The summed E-state index contributed by atoms with van der Waals surface area (Å²) in [6, 6.07) is 19.9. The maximum absolute atomic E-state index is 11.3. The minimum Gasteiger partial charge on any atom is -0.392 e. The van der Waals surface area contributed by atoms with Crippen molar-refractivity contribution >= 4 is 22.9 Å². The Morgan fingerprint density at radius 3 is 2.23 bits per heavy atom. The molecular weight excluding hydrogens is 594 g/mol. The number of hydrogen-bond acceptors (Lipinski definition) is 10. The first-order valence-electron chi connectivity index (χ1n) is 16.6. The molecule has 3 aromatic heterocycles. The number of fused-ring (bicyclic) bond motifs is 1. The average Bonchev–Trinajstić information content (AvgIpc) is 3.84. The third-order valence-corrected chi connectivity index (χ3v) is 9.61. The van der Waals surface area contributed by atoms with E-state index >= 15 is 0 Å². The second-order valence-electron chi connectivity index (χ2n) is 12.6. The number of likely N-dealkylation sites (tertiary alicyclic amines) is 1. The largest absolute Gasteiger partial charge is 0.392 e. The Kier molecular flexibility index (Phi) is 9.43. The number of anilines is 2. The van der Waals surface area contributed by atoms with Crippen LogP contribution in [-0.2, 0) is 6.61 Å². The highest BCUT2D eigenvalue weighted by atomic mass is 16.3. The summed E-state index contributed by atoms with van der Waals surface area (Å²) in [6.45, 7) is 4.27. The number of rotatable bonds is 12. The Morgan fingerprint density at radius 1 is 0.851 bits per heavy atom. The van der Waals surface area contributed by atoms with Gasteiger partial charge in [-0.2, -0.15) is 15.1 Å². The van der Waals surface area contributed by atoms with Gasteiger partial charge < -0.3 is 35.4 Å². The van der Waals surface area contributed by atoms with Crippen LogP contribution in [0.5, 0.6) is 0 Å². The van der Waals surface area contributed by atoms with Crippen LogP contribution in [0.3, 0.4) is 0 Å². The molecule has 2 fully saturated rings. The number of aromatic nitrogens is 6. The standard InChI is InChI=1S/C35H43N9O3/c45-22-24-19-39-44(21-24)29-18-28(31(46)32(29)47)43-23-38-30-33(40-35(41-34(30)43)36-14-17-42-15-8-3-9-16-42)37-20-27(25-10-4-1-5-11-25)26-12-6-2-7-13-26/h1-2,4-7,10-13,19,21,23,27-29,31-32,45-47H,3,8-9,14-18,20,22H2,(H2,36,37,40,41). The first-order chi connectivity index (χ1) is 23.1. The van der Waals surface area contributed by atoms with Crippen molar-refractivity contribution in [2.75, 3.05) is 43.4 Å². The molecular formula is C35H43N9O3. The van der Waals surface area contributed by atoms with E-state index in [2.05, 4.69) is 69.2 Å². The van der Waals surface area contributed by atoms with Crippen molar-refractivity contribution < 1.29 is 15.3 Å². The van der Waals surface area contributed by atoms with Gasteiger partial charge in [-0.3, -0.25) is 4.68 Å². The molecule has 1 aliphatic carbocycles. The monoisotopic (exact) mass is 637 g/mol. The van der Waals surface area contributed by atoms with Crippen LogP contribution in [-0.4, -0.2) is 94.5 Å². The molecule has 1 saturated carbocycles. The Bertz CT molecular complexity index is 1700. The smallest absolute Gasteiger partial charge is 0.226 e. The fraction of sp³-hybridized carbons (Fsp3) is 0.429. The lowest BCUT2D eigenvalue weighted by Gasteiger charge is -2.26. The third-order valence-electron chi connectivity index (χ3n) is 9.61. The number of nitrogens with one attached hydrogen (secondary N) is 2. The molecule has 7 rings (SSSR count). The van der Waals surface area contributed by atoms with Crippen LogP contribution in [0.2, 0.25) is 0 Å². The van der Waals surface area contributed by atoms with Gasteiger partial charge in [0, 0.05) is 37.3 Å². The zero-order valence-electron chi connectivity index (χ0n) is 26.4. The first kappa shape index (κ1) is 31.3. The lowest BCUT2D eigenvalue weighted by atomic mass is 9.91. The van der Waals surface area contributed by atoms with E-state index in [0.717, 1.165) is 19.6 Å². The van der Waals surface area contributed by atoms with Crippen molar-refractivity contribution in [1.82, 2.24) is 34.2 Å². The SMILES string of the molecule is OCc1cnn(C2CC(n3cnc4c(NCC(c5ccccc5)c5ccccc5)nc(NCCN5CCCCC5)nc43)C(O)C2O)c1. The molecule has 0 spiro atoms. The van der Waals surface area contributed by atoms with Crippen molar-refractivity contribution in [3.05, 3.63) is 96.1 Å². The topological polar surface area (TPSA) is 149 Å². The molecule has 47 heavy (non-hydrogen) atoms. The number of imidazole rings is 1. The summed E-state index contributed by atoms with van der Waals surface area (Å²) in [5.74, 6) is 1.17. The minimum absolute atomic E-state index is 0.0745. The van der Waals surface area contributed by atoms with Gasteiger partial charge in [-0.15, -0.1) is 0 Å². The molecule has 1 aliphatic heterocycles. The van der Waals surface area contributed by atoms with E-state index in [0.29, 0.717) is 48.0 Å². The number of nitrogens with zero attached hydrogens (tertiary/aromatic N) is 7. The summed E-state index contributed by atoms with van der Waals surface area (Å²) in [5, 5.41) is 43.3. The van der Waals surface area contributed by atoms with Crippen molar-refractivity contribution in [2.24, 2.45) is 0 Å². The fourth-order valence-electron chi connectivity index (χ4n) is 7.03. The molecule has 4 atom stereocenters. The lowest BCUT2D eigenvalue weighted by molar-refractivity contribution is 0.00720. The van der Waals surface area contributed by atoms with Gasteiger partial charge in [0.25, 0.3) is 0 Å². The van der Waals surface area contributed by atoms with Gasteiger partial charge in [-0.1, -0.05) is 67.1 Å². The molecule has 4 heterocycles. The zero-order chi connectivity index (χ0) is 32.2. The van der Waals surface area contributed by atoms with E-state index in [1.165, 1.54) is 30.4 Å². The van der Waals surface area contributed by atoms with E-state index in [-0.39, 0.29) is 12.5 Å². The molecule has 0 radical (unpaired) electrons. The number of piperidine rings is 1. The van der Waals surface area contributed by atoms with Crippen LogP contribution < -0.4 is 10.6 Å². The van der Waals surface area contributed by atoms with Gasteiger partial charge >= 0.3 is 0 Å². The summed E-state index contributed by atoms with van der Waals surface area (Å²) in [6.07, 6.45) is 7.01. The Labute approximate surface area is 274 Å². The molecule has 2 aromatic carbocycles. The molecule has 1 saturated heterocycles. The van der Waals surface area contributed by atoms with Crippen LogP contribution >= 0.6 is 0 Å². The summed E-state index contributed by atoms with van der Waals surface area (Å²) >= 11 is 0. The normalized spacial score (nSPS) is 21.9. The van der Waals surface area contributed by atoms with Gasteiger partial charge in [0.05, 0.1) is 31.2 Å². The van der Waals surface area contributed by atoms with E-state index in [9.17, 15) is 15.3 Å². The van der Waals surface area contributed by atoms with Crippen molar-refractivity contribution in [2.45, 2.75) is 62.5 Å². The highest BCUT2D eigenvalue weighted by Crippen LogP contribution is 2.40. The summed E-state index contributed by atoms with van der Waals surface area (Å²) in [5.41, 5.74) is 4.21. The maximum Gasteiger partial charge on any atom is 0.226 e. The Hall–Kier alpha value is -4.36. The van der Waals surface area contributed by atoms with Crippen LogP contribution in [0.25, 0.3) is 11.2 Å². The molecule has 0 bridgehead atoms. The maximum atomic E-state index is 11.3. The average molecular weight is 638 g/mol. The number of hydrogen-bond donors (Lipinski definition) is 5. The van der Waals surface area contributed by atoms with Crippen molar-refractivity contribution in [3.63, 3.8) is 0 Å². The molecule has 5 aromatic rings. The molecule has 2 aliphatic rings. The highest BCUT2D eigenvalue weighted by molar-refractivity contribution is 5.84. The molecule has 0 amide bonds. The molecule has 246 valence electrons. The number of benzene rings is 2. The molecule has 5 N–H and O–H groups in total. The number of aliphatic hydroxyl groups is 3. The van der Waals surface area contributed by atoms with E-state index in [4.69, 9.17) is 15.0 Å². The number of aliphatic hydroxyl groups excluding tert-OH is 3. The minimum atomic E-state index is -1.07. The van der Waals surface area contributed by atoms with Gasteiger partial charge in [0.1, 0.15) is 12.2 Å². The van der Waals surface area contributed by atoms with E-state index < -0.39 is 24.3 Å². The summed E-state index contributed by atoms with van der Waals surface area (Å²) < 4.78 is 3.48. The van der Waals surface area contributed by atoms with Gasteiger partial charge in [-0.25, -0.2) is 4.98 Å². The summed E-state index contributed by atoms with van der Waals surface area (Å²) in [4.78, 5) is 17.0. The molecule has 12 nitrogen and oxygen atoms in total. The van der Waals surface area contributed by atoms with E-state index in [1.807, 2.05) is 16.7 Å². The Morgan fingerprint density at radius 2 is 1.55 bits per heavy atom. The van der Waals surface area contributed by atoms with Crippen LogP contribution in [0.1, 0.15) is 60.4 Å². The molecule has 4 unspecified atom stereocenters. The first-order valence-corrected chi connectivity index (χ1v) is 16.6. The third kappa shape index (κ3) is 6.72. The molecule has 12 heteroatoms. The summed E-state index contributed by atoms with van der Waals surface area (Å²) in [7, 11) is 0.